The average Bonchev–Trinajstić information content (AvgIpc) is 3.41. The Hall–Kier alpha value is -2.00. The summed E-state index contributed by atoms with van der Waals surface area (Å²) >= 11 is 1.51. The lowest BCUT2D eigenvalue weighted by Gasteiger charge is -2.52. The molecule has 3 aliphatic rings. The van der Waals surface area contributed by atoms with Crippen molar-refractivity contribution in [2.75, 3.05) is 33.1 Å². The first kappa shape index (κ1) is 27.6. The van der Waals surface area contributed by atoms with Gasteiger partial charge in [-0.2, -0.15) is 0 Å². The number of nitrogens with zero attached hydrogens (tertiary/aromatic N) is 2. The van der Waals surface area contributed by atoms with Gasteiger partial charge in [-0.15, -0.1) is 11.3 Å². The number of thiazole rings is 1. The molecule has 0 aliphatic heterocycles. The molecule has 7 atom stereocenters. The molecule has 208 valence electrons. The highest BCUT2D eigenvalue weighted by molar-refractivity contribution is 7.15. The second kappa shape index (κ2) is 11.2. The second-order valence-electron chi connectivity index (χ2n) is 12.1. The summed E-state index contributed by atoms with van der Waals surface area (Å²) in [5, 5.41) is 14.4. The Morgan fingerprint density at radius 1 is 1.34 bits per heavy atom. The number of hydrogen-bond acceptors (Lipinski definition) is 7. The molecule has 2 fully saturated rings. The Labute approximate surface area is 230 Å². The quantitative estimate of drug-likeness (QED) is 0.423. The molecule has 1 aromatic heterocycles. The molecule has 0 saturated heterocycles. The van der Waals surface area contributed by atoms with Gasteiger partial charge in [0.05, 0.1) is 13.2 Å². The van der Waals surface area contributed by atoms with E-state index in [0.29, 0.717) is 41.8 Å². The van der Waals surface area contributed by atoms with Crippen LogP contribution in [0.1, 0.15) is 67.4 Å². The van der Waals surface area contributed by atoms with Crippen molar-refractivity contribution in [3.05, 3.63) is 40.4 Å². The summed E-state index contributed by atoms with van der Waals surface area (Å²) in [6.45, 7) is 4.87. The Kier molecular flexibility index (Phi) is 8.15. The molecule has 0 spiro atoms. The number of benzene rings is 1. The van der Waals surface area contributed by atoms with E-state index in [-0.39, 0.29) is 17.4 Å². The van der Waals surface area contributed by atoms with Gasteiger partial charge in [0.1, 0.15) is 5.75 Å². The number of amides is 1. The van der Waals surface area contributed by atoms with Gasteiger partial charge in [-0.25, -0.2) is 4.98 Å². The van der Waals surface area contributed by atoms with Gasteiger partial charge in [0.15, 0.2) is 11.4 Å². The normalized spacial score (nSPS) is 30.9. The molecular weight excluding hydrogens is 498 g/mol. The molecule has 2 saturated carbocycles. The van der Waals surface area contributed by atoms with Gasteiger partial charge in [-0.05, 0) is 112 Å². The molecule has 3 aliphatic carbocycles. The molecule has 7 nitrogen and oxygen atoms in total. The summed E-state index contributed by atoms with van der Waals surface area (Å²) in [5.74, 6) is 2.90. The summed E-state index contributed by atoms with van der Waals surface area (Å²) in [7, 11) is 5.65. The molecule has 1 heterocycles. The second-order valence-corrected chi connectivity index (χ2v) is 13.4. The van der Waals surface area contributed by atoms with E-state index in [9.17, 15) is 9.90 Å². The van der Waals surface area contributed by atoms with E-state index >= 15 is 0 Å². The molecule has 2 aromatic rings. The van der Waals surface area contributed by atoms with Crippen molar-refractivity contribution in [1.82, 2.24) is 9.88 Å². The van der Waals surface area contributed by atoms with Crippen molar-refractivity contribution < 1.29 is 19.4 Å². The zero-order valence-corrected chi connectivity index (χ0v) is 24.2. The van der Waals surface area contributed by atoms with Crippen LogP contribution in [0.4, 0.5) is 5.13 Å². The van der Waals surface area contributed by atoms with Crippen LogP contribution in [0.15, 0.2) is 24.4 Å². The highest BCUT2D eigenvalue weighted by Gasteiger charge is 2.59. The first-order chi connectivity index (χ1) is 18.2. The topological polar surface area (TPSA) is 83.9 Å². The number of aliphatic hydroxyl groups excluding tert-OH is 1. The number of hydrogen-bond donors (Lipinski definition) is 2. The summed E-state index contributed by atoms with van der Waals surface area (Å²) in [6.07, 6.45) is 7.62. The minimum absolute atomic E-state index is 0.00432. The van der Waals surface area contributed by atoms with E-state index in [1.807, 2.05) is 25.9 Å². The standard InChI is InChI=1S/C30H43N3O4S/c1-18-16-31-29(38-18)32-26(34)11-7-20-15-25(37-27(35)17-33(3)4)30(2)13-12-23-22-10-8-21(36-5)14-19(22)6-9-24(23)28(20)30/h8,10,14,16,20,23-25,27-28,35H,6-7,9,11-13,15,17H2,1-5H3,(H,31,32,34). The predicted octanol–water partition coefficient (Wildman–Crippen LogP) is 5.23. The number of likely N-dealkylation sites (N-methyl/N-ethyl adjacent to an activating group) is 1. The number of methoxy groups -OCH3 is 1. The molecule has 8 heteroatoms. The third kappa shape index (κ3) is 5.51. The number of ether oxygens (including phenoxy) is 2. The van der Waals surface area contributed by atoms with Gasteiger partial charge < -0.3 is 24.8 Å². The molecule has 1 aromatic carbocycles. The third-order valence-electron chi connectivity index (χ3n) is 9.44. The maximum absolute atomic E-state index is 12.9. The van der Waals surface area contributed by atoms with Gasteiger partial charge in [-0.3, -0.25) is 4.79 Å². The van der Waals surface area contributed by atoms with Gasteiger partial charge in [0.2, 0.25) is 5.91 Å². The fourth-order valence-corrected chi connectivity index (χ4v) is 8.56. The molecule has 1 amide bonds. The lowest BCUT2D eigenvalue weighted by Crippen LogP contribution is -2.47. The maximum atomic E-state index is 12.9. The van der Waals surface area contributed by atoms with Crippen molar-refractivity contribution in [2.24, 2.45) is 23.2 Å². The van der Waals surface area contributed by atoms with Crippen LogP contribution in [0.5, 0.6) is 5.75 Å². The number of aryl methyl sites for hydroxylation is 2. The van der Waals surface area contributed by atoms with Gasteiger partial charge in [0.25, 0.3) is 0 Å². The molecule has 38 heavy (non-hydrogen) atoms. The van der Waals surface area contributed by atoms with Crippen LogP contribution in [0.3, 0.4) is 0 Å². The number of carbonyl (C=O) groups is 1. The number of carbonyl (C=O) groups excluding carboxylic acids is 1. The summed E-state index contributed by atoms with van der Waals surface area (Å²) in [6, 6.07) is 6.62. The highest BCUT2D eigenvalue weighted by Crippen LogP contribution is 2.64. The molecular formula is C30H43N3O4S. The molecule has 0 radical (unpaired) electrons. The fraction of sp³-hybridized carbons (Fsp3) is 0.667. The summed E-state index contributed by atoms with van der Waals surface area (Å²) < 4.78 is 11.9. The Morgan fingerprint density at radius 3 is 2.87 bits per heavy atom. The van der Waals surface area contributed by atoms with Crippen LogP contribution in [0.2, 0.25) is 0 Å². The Balaban J connectivity index is 1.36. The monoisotopic (exact) mass is 541 g/mol. The lowest BCUT2D eigenvalue weighted by molar-refractivity contribution is -0.178. The lowest BCUT2D eigenvalue weighted by atomic mass is 9.53. The predicted molar refractivity (Wildman–Crippen MR) is 151 cm³/mol. The number of fused-ring (bicyclic) bond motifs is 5. The first-order valence-corrected chi connectivity index (χ1v) is 14.9. The van der Waals surface area contributed by atoms with E-state index in [2.05, 4.69) is 35.4 Å². The largest absolute Gasteiger partial charge is 0.497 e. The van der Waals surface area contributed by atoms with Crippen LogP contribution in [-0.2, 0) is 16.0 Å². The van der Waals surface area contributed by atoms with Crippen LogP contribution >= 0.6 is 11.3 Å². The van der Waals surface area contributed by atoms with E-state index in [0.717, 1.165) is 49.2 Å². The fourth-order valence-electron chi connectivity index (χ4n) is 7.88. The van der Waals surface area contributed by atoms with E-state index < -0.39 is 6.29 Å². The maximum Gasteiger partial charge on any atom is 0.226 e. The zero-order valence-electron chi connectivity index (χ0n) is 23.4. The Morgan fingerprint density at radius 2 is 2.16 bits per heavy atom. The summed E-state index contributed by atoms with van der Waals surface area (Å²) in [5.41, 5.74) is 2.90. The van der Waals surface area contributed by atoms with E-state index in [1.165, 1.54) is 22.5 Å². The first-order valence-electron chi connectivity index (χ1n) is 14.0. The molecule has 2 N–H and O–H groups in total. The number of rotatable bonds is 9. The number of anilines is 1. The molecule has 5 rings (SSSR count). The van der Waals surface area contributed by atoms with Crippen molar-refractivity contribution in [1.29, 1.82) is 0 Å². The van der Waals surface area contributed by atoms with Crippen LogP contribution in [-0.4, -0.2) is 61.0 Å². The smallest absolute Gasteiger partial charge is 0.226 e. The van der Waals surface area contributed by atoms with Crippen molar-refractivity contribution in [2.45, 2.75) is 77.1 Å². The average molecular weight is 542 g/mol. The van der Waals surface area contributed by atoms with Gasteiger partial charge in [-0.1, -0.05) is 13.0 Å². The highest BCUT2D eigenvalue weighted by atomic mass is 32.1. The van der Waals surface area contributed by atoms with Crippen LogP contribution < -0.4 is 10.1 Å². The zero-order chi connectivity index (χ0) is 27.0. The minimum atomic E-state index is -0.806. The van der Waals surface area contributed by atoms with E-state index in [4.69, 9.17) is 9.47 Å². The molecule has 0 bridgehead atoms. The van der Waals surface area contributed by atoms with Crippen LogP contribution in [0, 0.1) is 30.1 Å². The molecule has 7 unspecified atom stereocenters. The van der Waals surface area contributed by atoms with Crippen molar-refractivity contribution in [3.63, 3.8) is 0 Å². The van der Waals surface area contributed by atoms with Crippen molar-refractivity contribution in [3.8, 4) is 5.75 Å². The van der Waals surface area contributed by atoms with Gasteiger partial charge in [0, 0.05) is 24.0 Å². The van der Waals surface area contributed by atoms with Crippen LogP contribution in [0.25, 0.3) is 0 Å². The summed E-state index contributed by atoms with van der Waals surface area (Å²) in [4.78, 5) is 20.2. The van der Waals surface area contributed by atoms with Gasteiger partial charge >= 0.3 is 0 Å². The minimum Gasteiger partial charge on any atom is -0.497 e. The number of nitrogens with one attached hydrogen (secondary N) is 1. The number of aromatic nitrogens is 1. The van der Waals surface area contributed by atoms with E-state index in [1.54, 1.807) is 13.3 Å². The van der Waals surface area contributed by atoms with Crippen molar-refractivity contribution >= 4 is 22.4 Å². The number of aliphatic hydroxyl groups is 1. The Bertz CT molecular complexity index is 1140. The SMILES string of the molecule is COc1ccc2c(c1)CCC1C2CCC2(C)C(OC(O)CN(C)C)CC(CCC(=O)Nc3ncc(C)s3)C12. The third-order valence-corrected chi connectivity index (χ3v) is 10.3.